The van der Waals surface area contributed by atoms with Crippen molar-refractivity contribution in [2.45, 2.75) is 19.4 Å². The van der Waals surface area contributed by atoms with Crippen LogP contribution in [0.1, 0.15) is 18.4 Å². The summed E-state index contributed by atoms with van der Waals surface area (Å²) in [5.74, 6) is 0.0488. The lowest BCUT2D eigenvalue weighted by Gasteiger charge is -2.22. The first-order chi connectivity index (χ1) is 12.7. The van der Waals surface area contributed by atoms with E-state index in [0.717, 1.165) is 37.2 Å². The van der Waals surface area contributed by atoms with E-state index in [9.17, 15) is 9.59 Å². The predicted octanol–water partition coefficient (Wildman–Crippen LogP) is 1.48. The summed E-state index contributed by atoms with van der Waals surface area (Å²) in [5.41, 5.74) is 2.10. The Kier molecular flexibility index (Phi) is 4.53. The van der Waals surface area contributed by atoms with Crippen LogP contribution in [0.2, 0.25) is 0 Å². The van der Waals surface area contributed by atoms with E-state index in [2.05, 4.69) is 15.7 Å². The fourth-order valence-electron chi connectivity index (χ4n) is 3.31. The van der Waals surface area contributed by atoms with Crippen LogP contribution in [0, 0.1) is 5.92 Å². The van der Waals surface area contributed by atoms with E-state index in [1.54, 1.807) is 18.3 Å². The fourth-order valence-corrected chi connectivity index (χ4v) is 3.31. The van der Waals surface area contributed by atoms with Crippen molar-refractivity contribution in [2.24, 2.45) is 5.92 Å². The number of nitrogens with zero attached hydrogens (tertiary/aromatic N) is 3. The van der Waals surface area contributed by atoms with Crippen molar-refractivity contribution in [3.8, 4) is 0 Å². The zero-order valence-electron chi connectivity index (χ0n) is 14.4. The maximum absolute atomic E-state index is 12.4. The Morgan fingerprint density at radius 2 is 2.19 bits per heavy atom. The van der Waals surface area contributed by atoms with Gasteiger partial charge in [-0.05, 0) is 49.2 Å². The number of pyridine rings is 1. The Bertz CT molecular complexity index is 985. The molecule has 1 amide bonds. The molecule has 7 nitrogen and oxygen atoms in total. The summed E-state index contributed by atoms with van der Waals surface area (Å²) in [6.45, 7) is 2.06. The van der Waals surface area contributed by atoms with Crippen LogP contribution in [0.15, 0.2) is 53.5 Å². The second kappa shape index (κ2) is 7.13. The van der Waals surface area contributed by atoms with Crippen molar-refractivity contribution >= 4 is 17.2 Å². The number of carbonyl (C=O) groups is 1. The second-order valence-electron chi connectivity index (χ2n) is 6.60. The van der Waals surface area contributed by atoms with Crippen molar-refractivity contribution in [3.05, 3.63) is 64.7 Å². The molecule has 0 aliphatic carbocycles. The van der Waals surface area contributed by atoms with Gasteiger partial charge in [-0.15, -0.1) is 5.10 Å². The Labute approximate surface area is 150 Å². The lowest BCUT2D eigenvalue weighted by Crippen LogP contribution is -2.37. The Morgan fingerprint density at radius 1 is 1.27 bits per heavy atom. The minimum Gasteiger partial charge on any atom is -0.326 e. The summed E-state index contributed by atoms with van der Waals surface area (Å²) in [5, 5.41) is 10.6. The highest BCUT2D eigenvalue weighted by Crippen LogP contribution is 2.16. The summed E-state index contributed by atoms with van der Waals surface area (Å²) in [4.78, 5) is 24.8. The van der Waals surface area contributed by atoms with Gasteiger partial charge in [0.2, 0.25) is 5.91 Å². The van der Waals surface area contributed by atoms with Crippen LogP contribution in [-0.4, -0.2) is 33.2 Å². The number of fused-ring (bicyclic) bond motifs is 1. The quantitative estimate of drug-likeness (QED) is 0.746. The van der Waals surface area contributed by atoms with Crippen molar-refractivity contribution in [1.82, 2.24) is 19.5 Å². The van der Waals surface area contributed by atoms with E-state index in [1.807, 2.05) is 30.3 Å². The van der Waals surface area contributed by atoms with Crippen LogP contribution < -0.4 is 16.3 Å². The van der Waals surface area contributed by atoms with E-state index in [4.69, 9.17) is 0 Å². The number of hydrogen-bond donors (Lipinski definition) is 2. The number of carbonyl (C=O) groups excluding carboxylic acids is 1. The second-order valence-corrected chi connectivity index (χ2v) is 6.60. The van der Waals surface area contributed by atoms with E-state index in [-0.39, 0.29) is 17.5 Å². The molecule has 4 rings (SSSR count). The number of piperidine rings is 1. The predicted molar refractivity (Wildman–Crippen MR) is 99.2 cm³/mol. The maximum Gasteiger partial charge on any atom is 0.350 e. The molecular weight excluding hydrogens is 330 g/mol. The minimum absolute atomic E-state index is 0.00784. The van der Waals surface area contributed by atoms with Gasteiger partial charge in [0.15, 0.2) is 5.65 Å². The van der Waals surface area contributed by atoms with Crippen molar-refractivity contribution in [3.63, 3.8) is 0 Å². The molecule has 3 heterocycles. The summed E-state index contributed by atoms with van der Waals surface area (Å²) >= 11 is 0. The topological polar surface area (TPSA) is 80.4 Å². The molecule has 3 aromatic rings. The Balaban J connectivity index is 1.51. The molecule has 1 unspecified atom stereocenters. The molecule has 1 aliphatic heterocycles. The molecule has 0 spiro atoms. The van der Waals surface area contributed by atoms with Gasteiger partial charge in [0.05, 0.1) is 12.5 Å². The van der Waals surface area contributed by atoms with Crippen molar-refractivity contribution in [2.75, 3.05) is 18.4 Å². The molecule has 0 saturated carbocycles. The monoisotopic (exact) mass is 351 g/mol. The lowest BCUT2D eigenvalue weighted by atomic mass is 9.99. The van der Waals surface area contributed by atoms with Gasteiger partial charge < -0.3 is 10.6 Å². The smallest absolute Gasteiger partial charge is 0.326 e. The molecule has 1 saturated heterocycles. The maximum atomic E-state index is 12.4. The Hall–Kier alpha value is -2.93. The van der Waals surface area contributed by atoms with Gasteiger partial charge >= 0.3 is 5.69 Å². The molecule has 134 valence electrons. The highest BCUT2D eigenvalue weighted by molar-refractivity contribution is 5.92. The van der Waals surface area contributed by atoms with E-state index >= 15 is 0 Å². The zero-order chi connectivity index (χ0) is 17.9. The van der Waals surface area contributed by atoms with E-state index < -0.39 is 0 Å². The van der Waals surface area contributed by atoms with Gasteiger partial charge in [-0.25, -0.2) is 9.48 Å². The van der Waals surface area contributed by atoms with Crippen molar-refractivity contribution < 1.29 is 4.79 Å². The molecule has 26 heavy (non-hydrogen) atoms. The number of hydrogen-bond acceptors (Lipinski definition) is 4. The zero-order valence-corrected chi connectivity index (χ0v) is 14.4. The average molecular weight is 351 g/mol. The molecule has 1 fully saturated rings. The number of amides is 1. The van der Waals surface area contributed by atoms with Gasteiger partial charge in [-0.3, -0.25) is 9.20 Å². The molecule has 1 aromatic carbocycles. The molecule has 0 radical (unpaired) electrons. The third kappa shape index (κ3) is 3.39. The first-order valence-corrected chi connectivity index (χ1v) is 8.85. The highest BCUT2D eigenvalue weighted by Gasteiger charge is 2.20. The number of rotatable bonds is 4. The largest absolute Gasteiger partial charge is 0.350 e. The number of nitrogens with one attached hydrogen (secondary N) is 2. The van der Waals surface area contributed by atoms with E-state index in [0.29, 0.717) is 12.2 Å². The summed E-state index contributed by atoms with van der Waals surface area (Å²) in [6.07, 6.45) is 3.64. The van der Waals surface area contributed by atoms with E-state index in [1.165, 1.54) is 9.08 Å². The molecule has 1 aliphatic rings. The molecular formula is C19H21N5O2. The van der Waals surface area contributed by atoms with Crippen LogP contribution in [0.4, 0.5) is 5.69 Å². The molecule has 2 aromatic heterocycles. The summed E-state index contributed by atoms with van der Waals surface area (Å²) < 4.78 is 2.95. The summed E-state index contributed by atoms with van der Waals surface area (Å²) in [7, 11) is 0. The standard InChI is InChI=1S/C19H21N5O2/c25-18(15-6-4-9-20-12-15)21-16-7-3-5-14(11-16)13-24-19(26)23-10-2-1-8-17(23)22-24/h1-3,5,7-8,10-11,15,20H,4,6,9,12-13H2,(H,21,25). The number of benzene rings is 1. The van der Waals surface area contributed by atoms with Crippen LogP contribution in [0.25, 0.3) is 5.65 Å². The number of aromatic nitrogens is 3. The molecule has 7 heteroatoms. The van der Waals surface area contributed by atoms with Crippen LogP contribution in [0.5, 0.6) is 0 Å². The minimum atomic E-state index is -0.177. The van der Waals surface area contributed by atoms with Crippen LogP contribution in [0.3, 0.4) is 0 Å². The first-order valence-electron chi connectivity index (χ1n) is 8.85. The SMILES string of the molecule is O=C(Nc1cccc(Cn2nc3ccccn3c2=O)c1)C1CCCNC1. The average Bonchev–Trinajstić information content (AvgIpc) is 2.99. The van der Waals surface area contributed by atoms with Gasteiger partial charge in [0, 0.05) is 18.4 Å². The van der Waals surface area contributed by atoms with Gasteiger partial charge in [0.25, 0.3) is 0 Å². The Morgan fingerprint density at radius 3 is 3.00 bits per heavy atom. The first kappa shape index (κ1) is 16.5. The van der Waals surface area contributed by atoms with Crippen LogP contribution >= 0.6 is 0 Å². The van der Waals surface area contributed by atoms with Gasteiger partial charge in [-0.1, -0.05) is 18.2 Å². The van der Waals surface area contributed by atoms with Gasteiger partial charge in [0.1, 0.15) is 0 Å². The third-order valence-electron chi connectivity index (χ3n) is 4.68. The van der Waals surface area contributed by atoms with Crippen LogP contribution in [-0.2, 0) is 11.3 Å². The number of anilines is 1. The normalized spacial score (nSPS) is 17.3. The molecule has 2 N–H and O–H groups in total. The highest BCUT2D eigenvalue weighted by atomic mass is 16.2. The summed E-state index contributed by atoms with van der Waals surface area (Å²) in [6, 6.07) is 13.0. The molecule has 0 bridgehead atoms. The van der Waals surface area contributed by atoms with Crippen molar-refractivity contribution in [1.29, 1.82) is 0 Å². The fraction of sp³-hybridized carbons (Fsp3) is 0.316. The van der Waals surface area contributed by atoms with Gasteiger partial charge in [-0.2, -0.15) is 0 Å². The molecule has 1 atom stereocenters. The lowest BCUT2D eigenvalue weighted by molar-refractivity contribution is -0.120. The third-order valence-corrected chi connectivity index (χ3v) is 4.68.